The molecular weight excluding hydrogens is 152 g/mol. The lowest BCUT2D eigenvalue weighted by Crippen LogP contribution is -2.46. The summed E-state index contributed by atoms with van der Waals surface area (Å²) in [6.45, 7) is 2.97. The summed E-state index contributed by atoms with van der Waals surface area (Å²) < 4.78 is 0. The molecule has 2 N–H and O–H groups in total. The van der Waals surface area contributed by atoms with Gasteiger partial charge in [0.15, 0.2) is 0 Å². The molecule has 70 valence electrons. The Morgan fingerprint density at radius 3 is 3.00 bits per heavy atom. The molecule has 1 fully saturated rings. The van der Waals surface area contributed by atoms with Gasteiger partial charge in [-0.1, -0.05) is 6.92 Å². The number of carbonyl (C=O) groups is 1. The Morgan fingerprint density at radius 2 is 2.50 bits per heavy atom. The van der Waals surface area contributed by atoms with Gasteiger partial charge in [0, 0.05) is 12.6 Å². The summed E-state index contributed by atoms with van der Waals surface area (Å²) in [7, 11) is 1.93. The molecule has 0 radical (unpaired) electrons. The zero-order chi connectivity index (χ0) is 8.97. The topological polar surface area (TPSA) is 41.1 Å². The first-order chi connectivity index (χ1) is 5.79. The third-order valence-corrected chi connectivity index (χ3v) is 2.62. The van der Waals surface area contributed by atoms with Crippen LogP contribution in [0.2, 0.25) is 0 Å². The van der Waals surface area contributed by atoms with E-state index >= 15 is 0 Å². The molecule has 2 atom stereocenters. The molecule has 0 aromatic heterocycles. The first-order valence-electron chi connectivity index (χ1n) is 4.74. The molecule has 3 heteroatoms. The lowest BCUT2D eigenvalue weighted by atomic mass is 9.89. The molecule has 1 aliphatic heterocycles. The highest BCUT2D eigenvalue weighted by molar-refractivity contribution is 5.80. The van der Waals surface area contributed by atoms with Crippen LogP contribution in [0.1, 0.15) is 26.2 Å². The molecular formula is C9H18N2O. The molecule has 0 spiro atoms. The summed E-state index contributed by atoms with van der Waals surface area (Å²) >= 11 is 0. The lowest BCUT2D eigenvalue weighted by molar-refractivity contribution is -0.127. The van der Waals surface area contributed by atoms with Gasteiger partial charge in [-0.05, 0) is 26.3 Å². The molecule has 0 saturated carbocycles. The number of nitrogens with one attached hydrogen (secondary N) is 2. The van der Waals surface area contributed by atoms with E-state index in [4.69, 9.17) is 0 Å². The van der Waals surface area contributed by atoms with Crippen molar-refractivity contribution in [2.75, 3.05) is 13.6 Å². The zero-order valence-electron chi connectivity index (χ0n) is 7.89. The van der Waals surface area contributed by atoms with Crippen LogP contribution in [0.25, 0.3) is 0 Å². The van der Waals surface area contributed by atoms with E-state index in [1.807, 2.05) is 7.05 Å². The number of amides is 1. The fourth-order valence-corrected chi connectivity index (χ4v) is 1.87. The van der Waals surface area contributed by atoms with Gasteiger partial charge in [0.25, 0.3) is 0 Å². The normalized spacial score (nSPS) is 26.5. The molecule has 0 aromatic rings. The smallest absolute Gasteiger partial charge is 0.224 e. The van der Waals surface area contributed by atoms with Gasteiger partial charge in [-0.2, -0.15) is 0 Å². The molecule has 1 rings (SSSR count). The minimum Gasteiger partial charge on any atom is -0.356 e. The molecule has 1 saturated heterocycles. The van der Waals surface area contributed by atoms with Crippen molar-refractivity contribution >= 4 is 5.91 Å². The molecule has 3 nitrogen and oxygen atoms in total. The first-order valence-corrected chi connectivity index (χ1v) is 4.74. The minimum absolute atomic E-state index is 0.189. The van der Waals surface area contributed by atoms with E-state index in [1.54, 1.807) is 0 Å². The van der Waals surface area contributed by atoms with Crippen molar-refractivity contribution in [3.8, 4) is 0 Å². The van der Waals surface area contributed by atoms with Gasteiger partial charge in [0.1, 0.15) is 0 Å². The highest BCUT2D eigenvalue weighted by Crippen LogP contribution is 2.17. The fraction of sp³-hybridized carbons (Fsp3) is 0.889. The number of hydrogen-bond donors (Lipinski definition) is 2. The standard InChI is InChI=1S/C9H18N2O/c1-3-8(10-2)7-5-4-6-11-9(7)12/h7-8,10H,3-6H2,1-2H3,(H,11,12). The Kier molecular flexibility index (Phi) is 3.53. The Morgan fingerprint density at radius 1 is 1.75 bits per heavy atom. The van der Waals surface area contributed by atoms with Gasteiger partial charge >= 0.3 is 0 Å². The van der Waals surface area contributed by atoms with Crippen LogP contribution >= 0.6 is 0 Å². The van der Waals surface area contributed by atoms with Crippen molar-refractivity contribution in [1.29, 1.82) is 0 Å². The first kappa shape index (κ1) is 9.52. The molecule has 0 aliphatic carbocycles. The molecule has 1 heterocycles. The van der Waals surface area contributed by atoms with Crippen LogP contribution in [-0.4, -0.2) is 25.5 Å². The average Bonchev–Trinajstić information content (AvgIpc) is 2.10. The predicted molar refractivity (Wildman–Crippen MR) is 48.9 cm³/mol. The highest BCUT2D eigenvalue weighted by Gasteiger charge is 2.27. The fourth-order valence-electron chi connectivity index (χ4n) is 1.87. The molecule has 0 bridgehead atoms. The van der Waals surface area contributed by atoms with Crippen molar-refractivity contribution in [3.63, 3.8) is 0 Å². The van der Waals surface area contributed by atoms with Crippen molar-refractivity contribution in [1.82, 2.24) is 10.6 Å². The zero-order valence-corrected chi connectivity index (χ0v) is 7.89. The number of hydrogen-bond acceptors (Lipinski definition) is 2. The monoisotopic (exact) mass is 170 g/mol. The maximum atomic E-state index is 11.4. The average molecular weight is 170 g/mol. The van der Waals surface area contributed by atoms with Crippen LogP contribution in [0.4, 0.5) is 0 Å². The summed E-state index contributed by atoms with van der Waals surface area (Å²) in [6.07, 6.45) is 3.17. The van der Waals surface area contributed by atoms with Crippen LogP contribution in [0.15, 0.2) is 0 Å². The Labute approximate surface area is 73.9 Å². The van der Waals surface area contributed by atoms with E-state index < -0.39 is 0 Å². The predicted octanol–water partition coefficient (Wildman–Crippen LogP) is 0.511. The van der Waals surface area contributed by atoms with E-state index in [-0.39, 0.29) is 11.8 Å². The van der Waals surface area contributed by atoms with Crippen molar-refractivity contribution in [3.05, 3.63) is 0 Å². The number of rotatable bonds is 3. The molecule has 1 aliphatic rings. The Hall–Kier alpha value is -0.570. The van der Waals surface area contributed by atoms with Crippen LogP contribution < -0.4 is 10.6 Å². The second kappa shape index (κ2) is 4.45. The van der Waals surface area contributed by atoms with E-state index in [2.05, 4.69) is 17.6 Å². The van der Waals surface area contributed by atoms with Gasteiger partial charge in [-0.15, -0.1) is 0 Å². The van der Waals surface area contributed by atoms with Crippen molar-refractivity contribution in [2.45, 2.75) is 32.2 Å². The molecule has 2 unspecified atom stereocenters. The van der Waals surface area contributed by atoms with Gasteiger partial charge in [0.2, 0.25) is 5.91 Å². The van der Waals surface area contributed by atoms with Crippen LogP contribution in [0.5, 0.6) is 0 Å². The SMILES string of the molecule is CCC(NC)C1CCCNC1=O. The lowest BCUT2D eigenvalue weighted by Gasteiger charge is -2.28. The van der Waals surface area contributed by atoms with Gasteiger partial charge in [-0.25, -0.2) is 0 Å². The number of piperidine rings is 1. The maximum Gasteiger partial charge on any atom is 0.224 e. The van der Waals surface area contributed by atoms with Crippen molar-refractivity contribution in [2.24, 2.45) is 5.92 Å². The quantitative estimate of drug-likeness (QED) is 0.648. The molecule has 12 heavy (non-hydrogen) atoms. The Bertz CT molecular complexity index is 155. The summed E-state index contributed by atoms with van der Waals surface area (Å²) in [6, 6.07) is 0.352. The Balaban J connectivity index is 2.51. The maximum absolute atomic E-state index is 11.4. The second-order valence-electron chi connectivity index (χ2n) is 3.34. The highest BCUT2D eigenvalue weighted by atomic mass is 16.2. The van der Waals surface area contributed by atoms with Crippen LogP contribution in [0.3, 0.4) is 0 Å². The van der Waals surface area contributed by atoms with Gasteiger partial charge in [-0.3, -0.25) is 4.79 Å². The summed E-state index contributed by atoms with van der Waals surface area (Å²) in [5, 5.41) is 6.09. The number of carbonyl (C=O) groups excluding carboxylic acids is 1. The van der Waals surface area contributed by atoms with Crippen LogP contribution in [0, 0.1) is 5.92 Å². The van der Waals surface area contributed by atoms with E-state index in [9.17, 15) is 4.79 Å². The minimum atomic E-state index is 0.189. The third kappa shape index (κ3) is 1.97. The summed E-state index contributed by atoms with van der Waals surface area (Å²) in [4.78, 5) is 11.4. The van der Waals surface area contributed by atoms with Crippen molar-refractivity contribution < 1.29 is 4.79 Å². The largest absolute Gasteiger partial charge is 0.356 e. The van der Waals surface area contributed by atoms with Gasteiger partial charge < -0.3 is 10.6 Å². The third-order valence-electron chi connectivity index (χ3n) is 2.62. The summed E-state index contributed by atoms with van der Waals surface area (Å²) in [5.41, 5.74) is 0. The van der Waals surface area contributed by atoms with Crippen LogP contribution in [-0.2, 0) is 4.79 Å². The van der Waals surface area contributed by atoms with Gasteiger partial charge in [0.05, 0.1) is 5.92 Å². The van der Waals surface area contributed by atoms with E-state index in [1.165, 1.54) is 0 Å². The molecule has 0 aromatic carbocycles. The van der Waals surface area contributed by atoms with E-state index in [0.29, 0.717) is 6.04 Å². The van der Waals surface area contributed by atoms with E-state index in [0.717, 1.165) is 25.8 Å². The second-order valence-corrected chi connectivity index (χ2v) is 3.34. The molecule has 1 amide bonds. The summed E-state index contributed by atoms with van der Waals surface area (Å²) in [5.74, 6) is 0.413.